The van der Waals surface area contributed by atoms with E-state index >= 15 is 0 Å². The summed E-state index contributed by atoms with van der Waals surface area (Å²) in [7, 11) is 1.93. The maximum Gasteiger partial charge on any atom is 0.146 e. The number of halogens is 1. The summed E-state index contributed by atoms with van der Waals surface area (Å²) < 4.78 is 14.9. The lowest BCUT2D eigenvalue weighted by atomic mass is 10.2. The molecule has 0 saturated carbocycles. The van der Waals surface area contributed by atoms with Gasteiger partial charge in [-0.25, -0.2) is 4.39 Å². The average molecular weight is 234 g/mol. The van der Waals surface area contributed by atoms with Crippen molar-refractivity contribution >= 4 is 0 Å². The van der Waals surface area contributed by atoms with Gasteiger partial charge in [0.1, 0.15) is 17.5 Å². The van der Waals surface area contributed by atoms with Crippen LogP contribution in [0.15, 0.2) is 24.3 Å². The SMILES string of the molecule is Cc1nnc(CNCc2cccc(F)c2)n1C. The molecule has 0 fully saturated rings. The van der Waals surface area contributed by atoms with Crippen molar-refractivity contribution in [1.29, 1.82) is 0 Å². The van der Waals surface area contributed by atoms with E-state index in [0.717, 1.165) is 17.2 Å². The molecule has 90 valence electrons. The van der Waals surface area contributed by atoms with Gasteiger partial charge in [-0.05, 0) is 24.6 Å². The van der Waals surface area contributed by atoms with Gasteiger partial charge in [0.05, 0.1) is 6.54 Å². The summed E-state index contributed by atoms with van der Waals surface area (Å²) in [6, 6.07) is 6.56. The molecule has 0 unspecified atom stereocenters. The minimum Gasteiger partial charge on any atom is -0.317 e. The zero-order chi connectivity index (χ0) is 12.3. The zero-order valence-corrected chi connectivity index (χ0v) is 9.94. The lowest BCUT2D eigenvalue weighted by Gasteiger charge is -2.05. The van der Waals surface area contributed by atoms with Crippen molar-refractivity contribution in [2.24, 2.45) is 7.05 Å². The molecule has 0 aliphatic carbocycles. The number of benzene rings is 1. The molecule has 1 N–H and O–H groups in total. The van der Waals surface area contributed by atoms with Gasteiger partial charge in [-0.1, -0.05) is 12.1 Å². The Hall–Kier alpha value is -1.75. The van der Waals surface area contributed by atoms with Gasteiger partial charge < -0.3 is 9.88 Å². The molecule has 5 heteroatoms. The fraction of sp³-hybridized carbons (Fsp3) is 0.333. The molecular formula is C12H15FN4. The number of nitrogens with zero attached hydrogens (tertiary/aromatic N) is 3. The van der Waals surface area contributed by atoms with E-state index < -0.39 is 0 Å². The standard InChI is InChI=1S/C12H15FN4/c1-9-15-16-12(17(9)2)8-14-7-10-4-3-5-11(13)6-10/h3-6,14H,7-8H2,1-2H3. The van der Waals surface area contributed by atoms with Crippen LogP contribution in [0.5, 0.6) is 0 Å². The number of aryl methyl sites for hydroxylation is 1. The topological polar surface area (TPSA) is 42.7 Å². The van der Waals surface area contributed by atoms with Gasteiger partial charge in [0.2, 0.25) is 0 Å². The highest BCUT2D eigenvalue weighted by atomic mass is 19.1. The molecule has 4 nitrogen and oxygen atoms in total. The van der Waals surface area contributed by atoms with Crippen molar-refractivity contribution in [2.75, 3.05) is 0 Å². The van der Waals surface area contributed by atoms with Crippen molar-refractivity contribution in [2.45, 2.75) is 20.0 Å². The minimum atomic E-state index is -0.209. The summed E-state index contributed by atoms with van der Waals surface area (Å²) in [5.41, 5.74) is 0.920. The molecule has 2 rings (SSSR count). The Morgan fingerprint density at radius 1 is 1.29 bits per heavy atom. The molecular weight excluding hydrogens is 219 g/mol. The van der Waals surface area contributed by atoms with Gasteiger partial charge in [-0.2, -0.15) is 0 Å². The lowest BCUT2D eigenvalue weighted by molar-refractivity contribution is 0.612. The third kappa shape index (κ3) is 2.88. The monoisotopic (exact) mass is 234 g/mol. The highest BCUT2D eigenvalue weighted by molar-refractivity contribution is 5.16. The van der Waals surface area contributed by atoms with Crippen molar-refractivity contribution in [3.8, 4) is 0 Å². The van der Waals surface area contributed by atoms with Crippen molar-refractivity contribution < 1.29 is 4.39 Å². The van der Waals surface area contributed by atoms with Crippen LogP contribution < -0.4 is 5.32 Å². The van der Waals surface area contributed by atoms with Crippen LogP contribution >= 0.6 is 0 Å². The molecule has 0 radical (unpaired) electrons. The van der Waals surface area contributed by atoms with Crippen LogP contribution in [-0.4, -0.2) is 14.8 Å². The van der Waals surface area contributed by atoms with E-state index in [4.69, 9.17) is 0 Å². The number of nitrogens with one attached hydrogen (secondary N) is 1. The first-order valence-electron chi connectivity index (χ1n) is 5.47. The Balaban J connectivity index is 1.90. The van der Waals surface area contributed by atoms with Crippen LogP contribution in [0.2, 0.25) is 0 Å². The molecule has 0 saturated heterocycles. The van der Waals surface area contributed by atoms with Gasteiger partial charge in [-0.3, -0.25) is 0 Å². The first kappa shape index (κ1) is 11.7. The Bertz CT molecular complexity index is 507. The van der Waals surface area contributed by atoms with Crippen molar-refractivity contribution in [3.63, 3.8) is 0 Å². The normalized spacial score (nSPS) is 10.8. The van der Waals surface area contributed by atoms with Crippen LogP contribution in [0, 0.1) is 12.7 Å². The second kappa shape index (κ2) is 5.05. The van der Waals surface area contributed by atoms with E-state index in [1.165, 1.54) is 12.1 Å². The van der Waals surface area contributed by atoms with E-state index in [9.17, 15) is 4.39 Å². The summed E-state index contributed by atoms with van der Waals surface area (Å²) in [4.78, 5) is 0. The summed E-state index contributed by atoms with van der Waals surface area (Å²) in [5, 5.41) is 11.2. The van der Waals surface area contributed by atoms with Crippen LogP contribution in [-0.2, 0) is 20.1 Å². The number of rotatable bonds is 4. The van der Waals surface area contributed by atoms with E-state index in [2.05, 4.69) is 15.5 Å². The third-order valence-corrected chi connectivity index (χ3v) is 2.68. The molecule has 1 aromatic heterocycles. The van der Waals surface area contributed by atoms with Crippen LogP contribution in [0.25, 0.3) is 0 Å². The second-order valence-electron chi connectivity index (χ2n) is 3.96. The Morgan fingerprint density at radius 3 is 2.76 bits per heavy atom. The molecule has 0 atom stereocenters. The largest absolute Gasteiger partial charge is 0.317 e. The predicted molar refractivity (Wildman–Crippen MR) is 62.7 cm³/mol. The number of hydrogen-bond donors (Lipinski definition) is 1. The minimum absolute atomic E-state index is 0.209. The van der Waals surface area contributed by atoms with Gasteiger partial charge >= 0.3 is 0 Å². The molecule has 2 aromatic rings. The zero-order valence-electron chi connectivity index (χ0n) is 9.94. The van der Waals surface area contributed by atoms with E-state index in [1.54, 1.807) is 6.07 Å². The van der Waals surface area contributed by atoms with Gasteiger partial charge in [0.15, 0.2) is 0 Å². The molecule has 1 heterocycles. The molecule has 0 spiro atoms. The average Bonchev–Trinajstić information content (AvgIpc) is 2.61. The fourth-order valence-electron chi connectivity index (χ4n) is 1.57. The maximum atomic E-state index is 12.9. The highest BCUT2D eigenvalue weighted by Crippen LogP contribution is 2.03. The summed E-state index contributed by atoms with van der Waals surface area (Å²) >= 11 is 0. The highest BCUT2D eigenvalue weighted by Gasteiger charge is 2.03. The van der Waals surface area contributed by atoms with Crippen LogP contribution in [0.3, 0.4) is 0 Å². The molecule has 0 amide bonds. The first-order valence-corrected chi connectivity index (χ1v) is 5.47. The van der Waals surface area contributed by atoms with Gasteiger partial charge in [-0.15, -0.1) is 10.2 Å². The Kier molecular flexibility index (Phi) is 3.49. The molecule has 0 aliphatic rings. The summed E-state index contributed by atoms with van der Waals surface area (Å²) in [6.07, 6.45) is 0. The third-order valence-electron chi connectivity index (χ3n) is 2.68. The summed E-state index contributed by atoms with van der Waals surface area (Å²) in [5.74, 6) is 1.55. The molecule has 0 aliphatic heterocycles. The fourth-order valence-corrected chi connectivity index (χ4v) is 1.57. The van der Waals surface area contributed by atoms with Crippen LogP contribution in [0.4, 0.5) is 4.39 Å². The summed E-state index contributed by atoms with van der Waals surface area (Å²) in [6.45, 7) is 3.14. The van der Waals surface area contributed by atoms with E-state index in [1.807, 2.05) is 24.6 Å². The molecule has 1 aromatic carbocycles. The predicted octanol–water partition coefficient (Wildman–Crippen LogP) is 1.55. The smallest absolute Gasteiger partial charge is 0.146 e. The number of aromatic nitrogens is 3. The van der Waals surface area contributed by atoms with Crippen molar-refractivity contribution in [1.82, 2.24) is 20.1 Å². The van der Waals surface area contributed by atoms with Gasteiger partial charge in [0.25, 0.3) is 0 Å². The van der Waals surface area contributed by atoms with Crippen LogP contribution in [0.1, 0.15) is 17.2 Å². The Morgan fingerprint density at radius 2 is 2.12 bits per heavy atom. The van der Waals surface area contributed by atoms with Crippen molar-refractivity contribution in [3.05, 3.63) is 47.3 Å². The second-order valence-corrected chi connectivity index (χ2v) is 3.96. The number of hydrogen-bond acceptors (Lipinski definition) is 3. The molecule has 0 bridgehead atoms. The van der Waals surface area contributed by atoms with Gasteiger partial charge in [0, 0.05) is 13.6 Å². The Labute approximate surface area is 99.5 Å². The molecule has 17 heavy (non-hydrogen) atoms. The lowest BCUT2D eigenvalue weighted by Crippen LogP contribution is -2.16. The van der Waals surface area contributed by atoms with E-state index in [0.29, 0.717) is 13.1 Å². The quantitative estimate of drug-likeness (QED) is 0.872. The van der Waals surface area contributed by atoms with E-state index in [-0.39, 0.29) is 5.82 Å². The maximum absolute atomic E-state index is 12.9. The first-order chi connectivity index (χ1) is 8.16.